The third-order valence-corrected chi connectivity index (χ3v) is 4.91. The fourth-order valence-corrected chi connectivity index (χ4v) is 3.26. The molecule has 0 saturated heterocycles. The second-order valence-corrected chi connectivity index (χ2v) is 6.93. The molecule has 0 saturated carbocycles. The first-order valence-electron chi connectivity index (χ1n) is 7.38. The quantitative estimate of drug-likeness (QED) is 0.846. The summed E-state index contributed by atoms with van der Waals surface area (Å²) in [7, 11) is 2.49. The zero-order valence-corrected chi connectivity index (χ0v) is 14.5. The van der Waals surface area contributed by atoms with E-state index in [2.05, 4.69) is 5.32 Å². The van der Waals surface area contributed by atoms with Gasteiger partial charge in [0, 0.05) is 47.8 Å². The average molecular weight is 334 g/mol. The number of nitrogens with one attached hydrogen (secondary N) is 1. The van der Waals surface area contributed by atoms with E-state index in [-0.39, 0.29) is 5.91 Å². The molecule has 2 rings (SSSR count). The van der Waals surface area contributed by atoms with Gasteiger partial charge in [-0.3, -0.25) is 9.00 Å². The van der Waals surface area contributed by atoms with Gasteiger partial charge in [-0.2, -0.15) is 0 Å². The van der Waals surface area contributed by atoms with Crippen molar-refractivity contribution in [1.29, 1.82) is 0 Å². The van der Waals surface area contributed by atoms with Crippen LogP contribution in [0.15, 0.2) is 36.4 Å². The summed E-state index contributed by atoms with van der Waals surface area (Å²) in [5, 5.41) is 2.89. The number of ether oxygens (including phenoxy) is 1. The van der Waals surface area contributed by atoms with Crippen molar-refractivity contribution in [3.63, 3.8) is 0 Å². The molecule has 6 heteroatoms. The van der Waals surface area contributed by atoms with Crippen LogP contribution in [-0.4, -0.2) is 34.2 Å². The third-order valence-electron chi connectivity index (χ3n) is 3.63. The highest BCUT2D eigenvalue weighted by atomic mass is 32.2. The van der Waals surface area contributed by atoms with E-state index >= 15 is 0 Å². The Morgan fingerprint density at radius 3 is 2.74 bits per heavy atom. The van der Waals surface area contributed by atoms with Crippen LogP contribution >= 0.6 is 0 Å². The number of nitrogens with zero attached hydrogens (tertiary/aromatic N) is 1. The van der Waals surface area contributed by atoms with E-state index in [1.54, 1.807) is 13.2 Å². The Morgan fingerprint density at radius 2 is 2.09 bits per heavy atom. The molecule has 0 fully saturated rings. The number of rotatable bonds is 7. The zero-order chi connectivity index (χ0) is 16.8. The summed E-state index contributed by atoms with van der Waals surface area (Å²) in [6, 6.07) is 11.2. The summed E-state index contributed by atoms with van der Waals surface area (Å²) >= 11 is 0. The summed E-state index contributed by atoms with van der Waals surface area (Å²) in [4.78, 5) is 12.3. The van der Waals surface area contributed by atoms with Crippen LogP contribution in [0.25, 0.3) is 0 Å². The largest absolute Gasteiger partial charge is 0.384 e. The lowest BCUT2D eigenvalue weighted by atomic mass is 10.2. The number of amides is 1. The molecule has 0 radical (unpaired) electrons. The van der Waals surface area contributed by atoms with Gasteiger partial charge >= 0.3 is 0 Å². The number of hydrogen-bond donors (Lipinski definition) is 1. The van der Waals surface area contributed by atoms with Gasteiger partial charge in [0.1, 0.15) is 5.69 Å². The fraction of sp³-hybridized carbons (Fsp3) is 0.353. The Balaban J connectivity index is 2.03. The number of hydrogen-bond acceptors (Lipinski definition) is 3. The highest BCUT2D eigenvalue weighted by Gasteiger charge is 2.11. The van der Waals surface area contributed by atoms with E-state index in [0.717, 1.165) is 11.3 Å². The molecule has 1 N–H and O–H groups in total. The summed E-state index contributed by atoms with van der Waals surface area (Å²) in [6.45, 7) is 2.43. The average Bonchev–Trinajstić information content (AvgIpc) is 2.85. The Hall–Kier alpha value is -1.92. The van der Waals surface area contributed by atoms with Gasteiger partial charge < -0.3 is 14.6 Å². The number of anilines is 1. The first-order chi connectivity index (χ1) is 11.0. The van der Waals surface area contributed by atoms with Crippen LogP contribution in [0.2, 0.25) is 0 Å². The van der Waals surface area contributed by atoms with E-state index in [9.17, 15) is 9.00 Å². The normalized spacial score (nSPS) is 12.1. The van der Waals surface area contributed by atoms with Crippen molar-refractivity contribution < 1.29 is 13.7 Å². The van der Waals surface area contributed by atoms with Crippen LogP contribution in [0, 0.1) is 6.92 Å². The molecule has 0 spiro atoms. The molecule has 0 aliphatic rings. The molecule has 5 nitrogen and oxygen atoms in total. The monoisotopic (exact) mass is 334 g/mol. The number of benzene rings is 1. The molecule has 0 unspecified atom stereocenters. The van der Waals surface area contributed by atoms with E-state index in [0.29, 0.717) is 29.5 Å². The predicted octanol–water partition coefficient (Wildman–Crippen LogP) is 2.48. The molecule has 0 bridgehead atoms. The van der Waals surface area contributed by atoms with Gasteiger partial charge in [0.15, 0.2) is 0 Å². The zero-order valence-electron chi connectivity index (χ0n) is 13.7. The molecule has 23 heavy (non-hydrogen) atoms. The standard InChI is InChI=1S/C17H22N2O3S/c1-13-7-8-16(19(13)2)17(20)18-15-6-4-5-14(11-15)12-23(21)10-9-22-3/h4-8,11H,9-10,12H2,1-3H3,(H,18,20)/t23-/m0/s1. The minimum absolute atomic E-state index is 0.154. The number of methoxy groups -OCH3 is 1. The SMILES string of the molecule is COCC[S@](=O)Cc1cccc(NC(=O)c2ccc(C)n2C)c1. The molecule has 124 valence electrons. The maximum atomic E-state index is 12.3. The molecule has 1 aromatic carbocycles. The van der Waals surface area contributed by atoms with Crippen LogP contribution < -0.4 is 5.32 Å². The lowest BCUT2D eigenvalue weighted by Gasteiger charge is -2.09. The molecule has 1 heterocycles. The number of carbonyl (C=O) groups is 1. The molecule has 1 amide bonds. The minimum Gasteiger partial charge on any atom is -0.384 e. The predicted molar refractivity (Wildman–Crippen MR) is 93.1 cm³/mol. The molecule has 0 aliphatic heterocycles. The van der Waals surface area contributed by atoms with Crippen molar-refractivity contribution in [1.82, 2.24) is 4.57 Å². The Bertz CT molecular complexity index is 710. The van der Waals surface area contributed by atoms with Crippen molar-refractivity contribution in [3.8, 4) is 0 Å². The molecule has 0 aliphatic carbocycles. The summed E-state index contributed by atoms with van der Waals surface area (Å²) in [5.74, 6) is 0.810. The van der Waals surface area contributed by atoms with Crippen molar-refractivity contribution in [2.24, 2.45) is 7.05 Å². The number of carbonyl (C=O) groups excluding carboxylic acids is 1. The maximum Gasteiger partial charge on any atom is 0.272 e. The molecule has 1 aromatic heterocycles. The number of aromatic nitrogens is 1. The van der Waals surface area contributed by atoms with Crippen molar-refractivity contribution in [2.45, 2.75) is 12.7 Å². The first-order valence-corrected chi connectivity index (χ1v) is 8.86. The Kier molecular flexibility index (Phi) is 6.12. The van der Waals surface area contributed by atoms with Gasteiger partial charge in [0.25, 0.3) is 5.91 Å². The van der Waals surface area contributed by atoms with Crippen LogP contribution in [0.3, 0.4) is 0 Å². The highest BCUT2D eigenvalue weighted by Crippen LogP contribution is 2.15. The lowest BCUT2D eigenvalue weighted by molar-refractivity contribution is 0.101. The van der Waals surface area contributed by atoms with Gasteiger partial charge in [-0.05, 0) is 36.8 Å². The van der Waals surface area contributed by atoms with Crippen LogP contribution in [0.5, 0.6) is 0 Å². The first kappa shape index (κ1) is 17.4. The fourth-order valence-electron chi connectivity index (χ4n) is 2.21. The van der Waals surface area contributed by atoms with Crippen LogP contribution in [-0.2, 0) is 28.3 Å². The van der Waals surface area contributed by atoms with Gasteiger partial charge in [-0.15, -0.1) is 0 Å². The van der Waals surface area contributed by atoms with E-state index in [1.165, 1.54) is 0 Å². The van der Waals surface area contributed by atoms with Crippen molar-refractivity contribution in [3.05, 3.63) is 53.3 Å². The Labute approximate surface area is 139 Å². The van der Waals surface area contributed by atoms with Crippen molar-refractivity contribution in [2.75, 3.05) is 24.8 Å². The van der Waals surface area contributed by atoms with Gasteiger partial charge in [0.2, 0.25) is 0 Å². The molecular weight excluding hydrogens is 312 g/mol. The van der Waals surface area contributed by atoms with Gasteiger partial charge in [-0.1, -0.05) is 12.1 Å². The topological polar surface area (TPSA) is 60.3 Å². The summed E-state index contributed by atoms with van der Waals surface area (Å²) in [6.07, 6.45) is 0. The Morgan fingerprint density at radius 1 is 1.30 bits per heavy atom. The second kappa shape index (κ2) is 8.08. The van der Waals surface area contributed by atoms with E-state index < -0.39 is 10.8 Å². The van der Waals surface area contributed by atoms with Gasteiger partial charge in [-0.25, -0.2) is 0 Å². The molecule has 2 aromatic rings. The van der Waals surface area contributed by atoms with E-state index in [1.807, 2.05) is 48.9 Å². The summed E-state index contributed by atoms with van der Waals surface area (Å²) < 4.78 is 18.7. The smallest absolute Gasteiger partial charge is 0.272 e. The highest BCUT2D eigenvalue weighted by molar-refractivity contribution is 7.84. The van der Waals surface area contributed by atoms with Crippen LogP contribution in [0.1, 0.15) is 21.7 Å². The van der Waals surface area contributed by atoms with Crippen LogP contribution in [0.4, 0.5) is 5.69 Å². The second-order valence-electron chi connectivity index (χ2n) is 5.35. The van der Waals surface area contributed by atoms with E-state index in [4.69, 9.17) is 4.74 Å². The third kappa shape index (κ3) is 4.77. The lowest BCUT2D eigenvalue weighted by Crippen LogP contribution is -2.16. The van der Waals surface area contributed by atoms with Gasteiger partial charge in [0.05, 0.1) is 6.61 Å². The molecular formula is C17H22N2O3S. The maximum absolute atomic E-state index is 12.3. The molecule has 1 atom stereocenters. The number of aryl methyl sites for hydroxylation is 1. The summed E-state index contributed by atoms with van der Waals surface area (Å²) in [5.41, 5.74) is 3.27. The minimum atomic E-state index is -0.970. The van der Waals surface area contributed by atoms with Crippen molar-refractivity contribution >= 4 is 22.4 Å².